The van der Waals surface area contributed by atoms with Gasteiger partial charge in [0.05, 0.1) is 5.69 Å². The average Bonchev–Trinajstić information content (AvgIpc) is 2.99. The number of carbonyl (C=O) groups is 1. The van der Waals surface area contributed by atoms with Gasteiger partial charge in [-0.2, -0.15) is 5.10 Å². The molecule has 0 fully saturated rings. The number of halogens is 2. The first-order chi connectivity index (χ1) is 13.9. The van der Waals surface area contributed by atoms with E-state index < -0.39 is 0 Å². The van der Waals surface area contributed by atoms with Gasteiger partial charge in [0.25, 0.3) is 0 Å². The molecule has 0 bridgehead atoms. The molecule has 1 aromatic carbocycles. The number of rotatable bonds is 9. The highest BCUT2D eigenvalue weighted by Gasteiger charge is 2.07. The van der Waals surface area contributed by atoms with Crippen LogP contribution in [0.1, 0.15) is 36.7 Å². The fraction of sp³-hybridized carbons (Fsp3) is 0.476. The van der Waals surface area contributed by atoms with Crippen LogP contribution in [-0.2, 0) is 11.3 Å². The van der Waals surface area contributed by atoms with Crippen LogP contribution in [-0.4, -0.2) is 41.3 Å². The monoisotopic (exact) mass is 546 g/mol. The van der Waals surface area contributed by atoms with Crippen molar-refractivity contribution in [1.82, 2.24) is 20.4 Å². The number of aromatic nitrogens is 2. The summed E-state index contributed by atoms with van der Waals surface area (Å²) in [4.78, 5) is 16.8. The number of aryl methyl sites for hydroxylation is 3. The Hall–Kier alpha value is -1.81. The maximum absolute atomic E-state index is 12.2. The lowest BCUT2D eigenvalue weighted by atomic mass is 10.2. The predicted octanol–water partition coefficient (Wildman–Crippen LogP) is 4.05. The van der Waals surface area contributed by atoms with Gasteiger partial charge in [-0.05, 0) is 57.9 Å². The largest absolute Gasteiger partial charge is 0.357 e. The first-order valence-corrected chi connectivity index (χ1v) is 10.4. The van der Waals surface area contributed by atoms with Crippen LogP contribution >= 0.6 is 35.6 Å². The molecule has 2 aromatic rings. The number of hydrogen-bond donors (Lipinski definition) is 3. The number of benzene rings is 1. The predicted molar refractivity (Wildman–Crippen MR) is 135 cm³/mol. The van der Waals surface area contributed by atoms with E-state index >= 15 is 0 Å². The minimum atomic E-state index is -0.0664. The van der Waals surface area contributed by atoms with E-state index in [0.29, 0.717) is 30.5 Å². The molecule has 0 radical (unpaired) electrons. The van der Waals surface area contributed by atoms with E-state index in [0.717, 1.165) is 42.1 Å². The quantitative estimate of drug-likeness (QED) is 0.192. The SMILES string of the molecule is CCNC(=NCCCn1nc(C)cc1C)NCCC(=O)Nc1cccc(Cl)c1C.I. The molecule has 7 nitrogen and oxygen atoms in total. The van der Waals surface area contributed by atoms with E-state index in [-0.39, 0.29) is 29.9 Å². The minimum Gasteiger partial charge on any atom is -0.357 e. The Labute approximate surface area is 201 Å². The van der Waals surface area contributed by atoms with Crippen molar-refractivity contribution in [1.29, 1.82) is 0 Å². The number of amides is 1. The lowest BCUT2D eigenvalue weighted by molar-refractivity contribution is -0.116. The molecule has 2 rings (SSSR count). The van der Waals surface area contributed by atoms with Gasteiger partial charge in [0.1, 0.15) is 0 Å². The molecule has 0 aliphatic heterocycles. The molecular formula is C21H32ClIN6O. The zero-order valence-corrected chi connectivity index (χ0v) is 21.2. The highest BCUT2D eigenvalue weighted by Crippen LogP contribution is 2.22. The van der Waals surface area contributed by atoms with Gasteiger partial charge >= 0.3 is 0 Å². The average molecular weight is 547 g/mol. The second-order valence-corrected chi connectivity index (χ2v) is 7.31. The van der Waals surface area contributed by atoms with Gasteiger partial charge in [-0.3, -0.25) is 14.5 Å². The summed E-state index contributed by atoms with van der Waals surface area (Å²) in [5, 5.41) is 14.4. The van der Waals surface area contributed by atoms with E-state index in [4.69, 9.17) is 11.6 Å². The van der Waals surface area contributed by atoms with Gasteiger partial charge < -0.3 is 16.0 Å². The van der Waals surface area contributed by atoms with E-state index in [1.54, 1.807) is 0 Å². The summed E-state index contributed by atoms with van der Waals surface area (Å²) >= 11 is 6.09. The lowest BCUT2D eigenvalue weighted by Gasteiger charge is -2.12. The number of guanidine groups is 1. The Morgan fingerprint density at radius 1 is 1.23 bits per heavy atom. The van der Waals surface area contributed by atoms with Gasteiger partial charge in [-0.25, -0.2) is 0 Å². The second kappa shape index (κ2) is 13.5. The normalized spacial score (nSPS) is 11.0. The summed E-state index contributed by atoms with van der Waals surface area (Å²) in [5.41, 5.74) is 3.81. The number of aliphatic imine (C=N–C) groups is 1. The van der Waals surface area contributed by atoms with Crippen LogP contribution in [0.25, 0.3) is 0 Å². The third-order valence-corrected chi connectivity index (χ3v) is 4.84. The number of anilines is 1. The van der Waals surface area contributed by atoms with Crippen LogP contribution in [0.2, 0.25) is 5.02 Å². The maximum Gasteiger partial charge on any atom is 0.226 e. The van der Waals surface area contributed by atoms with Crippen LogP contribution in [0.4, 0.5) is 5.69 Å². The van der Waals surface area contributed by atoms with Crippen molar-refractivity contribution >= 4 is 53.1 Å². The Morgan fingerprint density at radius 2 is 2.00 bits per heavy atom. The van der Waals surface area contributed by atoms with Crippen molar-refractivity contribution in [3.8, 4) is 0 Å². The van der Waals surface area contributed by atoms with Crippen molar-refractivity contribution in [2.45, 2.75) is 47.1 Å². The van der Waals surface area contributed by atoms with Crippen LogP contribution in [0.5, 0.6) is 0 Å². The molecule has 166 valence electrons. The van der Waals surface area contributed by atoms with Crippen molar-refractivity contribution in [3.63, 3.8) is 0 Å². The number of carbonyl (C=O) groups excluding carboxylic acids is 1. The molecule has 0 aliphatic rings. The van der Waals surface area contributed by atoms with Crippen molar-refractivity contribution in [2.75, 3.05) is 25.0 Å². The maximum atomic E-state index is 12.2. The molecule has 3 N–H and O–H groups in total. The van der Waals surface area contributed by atoms with Gasteiger partial charge in [0.2, 0.25) is 5.91 Å². The second-order valence-electron chi connectivity index (χ2n) is 6.90. The van der Waals surface area contributed by atoms with Crippen molar-refractivity contribution in [2.24, 2.45) is 4.99 Å². The summed E-state index contributed by atoms with van der Waals surface area (Å²) in [7, 11) is 0. The zero-order chi connectivity index (χ0) is 21.2. The molecule has 0 saturated heterocycles. The third kappa shape index (κ3) is 8.51. The van der Waals surface area contributed by atoms with Gasteiger partial charge in [-0.1, -0.05) is 17.7 Å². The lowest BCUT2D eigenvalue weighted by Crippen LogP contribution is -2.38. The molecule has 0 atom stereocenters. The minimum absolute atomic E-state index is 0. The van der Waals surface area contributed by atoms with E-state index in [1.165, 1.54) is 0 Å². The Balaban J connectivity index is 0.00000450. The number of hydrogen-bond acceptors (Lipinski definition) is 3. The van der Waals surface area contributed by atoms with Gasteiger partial charge in [0, 0.05) is 49.0 Å². The topological polar surface area (TPSA) is 83.3 Å². The molecular weight excluding hydrogens is 515 g/mol. The Bertz CT molecular complexity index is 852. The van der Waals surface area contributed by atoms with Crippen LogP contribution in [0, 0.1) is 20.8 Å². The first kappa shape index (κ1) is 26.2. The van der Waals surface area contributed by atoms with E-state index in [1.807, 2.05) is 43.7 Å². The van der Waals surface area contributed by atoms with E-state index in [2.05, 4.69) is 39.0 Å². The molecule has 0 saturated carbocycles. The third-order valence-electron chi connectivity index (χ3n) is 4.43. The Kier molecular flexibility index (Phi) is 11.8. The van der Waals surface area contributed by atoms with Gasteiger partial charge in [-0.15, -0.1) is 24.0 Å². The van der Waals surface area contributed by atoms with Crippen LogP contribution in [0.3, 0.4) is 0 Å². The molecule has 0 unspecified atom stereocenters. The van der Waals surface area contributed by atoms with Crippen LogP contribution < -0.4 is 16.0 Å². The first-order valence-electron chi connectivity index (χ1n) is 9.99. The van der Waals surface area contributed by atoms with E-state index in [9.17, 15) is 4.79 Å². The smallest absolute Gasteiger partial charge is 0.226 e. The van der Waals surface area contributed by atoms with Gasteiger partial charge in [0.15, 0.2) is 5.96 Å². The summed E-state index contributed by atoms with van der Waals surface area (Å²) in [6.45, 7) is 10.7. The highest BCUT2D eigenvalue weighted by atomic mass is 127. The summed E-state index contributed by atoms with van der Waals surface area (Å²) < 4.78 is 2.01. The molecule has 0 aliphatic carbocycles. The Morgan fingerprint density at radius 3 is 2.67 bits per heavy atom. The van der Waals surface area contributed by atoms with Crippen molar-refractivity contribution in [3.05, 3.63) is 46.2 Å². The standard InChI is InChI=1S/C21H31ClN6O.HI/c1-5-23-21(24-11-7-13-28-16(3)14-15(2)27-28)25-12-10-20(29)26-19-9-6-8-18(22)17(19)4;/h6,8-9,14H,5,7,10-13H2,1-4H3,(H,26,29)(H2,23,24,25);1H. The summed E-state index contributed by atoms with van der Waals surface area (Å²) in [6.07, 6.45) is 1.23. The number of nitrogens with one attached hydrogen (secondary N) is 3. The molecule has 1 aromatic heterocycles. The summed E-state index contributed by atoms with van der Waals surface area (Å²) in [5.74, 6) is 0.649. The molecule has 0 spiro atoms. The number of nitrogens with zero attached hydrogens (tertiary/aromatic N) is 3. The molecule has 9 heteroatoms. The fourth-order valence-electron chi connectivity index (χ4n) is 2.90. The zero-order valence-electron chi connectivity index (χ0n) is 18.1. The molecule has 1 heterocycles. The summed E-state index contributed by atoms with van der Waals surface area (Å²) in [6, 6.07) is 7.55. The fourth-order valence-corrected chi connectivity index (χ4v) is 3.08. The van der Waals surface area contributed by atoms with Crippen LogP contribution in [0.15, 0.2) is 29.3 Å². The molecule has 1 amide bonds. The molecule has 30 heavy (non-hydrogen) atoms. The highest BCUT2D eigenvalue weighted by molar-refractivity contribution is 14.0. The van der Waals surface area contributed by atoms with Crippen molar-refractivity contribution < 1.29 is 4.79 Å².